The van der Waals surface area contributed by atoms with Gasteiger partial charge in [0.15, 0.2) is 5.60 Å². The molecule has 0 aliphatic rings. The first kappa shape index (κ1) is 18.7. The third-order valence-corrected chi connectivity index (χ3v) is 4.38. The molecule has 5 nitrogen and oxygen atoms in total. The molecule has 1 heterocycles. The molecule has 3 N–H and O–H groups in total. The summed E-state index contributed by atoms with van der Waals surface area (Å²) >= 11 is 5.96. The molecule has 138 valence electrons. The molecule has 0 bridgehead atoms. The molecule has 3 rings (SSSR count). The lowest BCUT2D eigenvalue weighted by Crippen LogP contribution is -2.37. The Balaban J connectivity index is 1.98. The van der Waals surface area contributed by atoms with Crippen LogP contribution in [-0.4, -0.2) is 21.7 Å². The number of carboxylic acid groups (broad SMARTS) is 1. The minimum absolute atomic E-state index is 0.417. The molecule has 0 aliphatic heterocycles. The van der Waals surface area contributed by atoms with Gasteiger partial charge in [0, 0.05) is 22.3 Å². The number of hydrogen-bond acceptors (Lipinski definition) is 4. The van der Waals surface area contributed by atoms with Crippen LogP contribution in [0.3, 0.4) is 0 Å². The molecule has 6 heteroatoms. The number of ether oxygens (including phenoxy) is 1. The summed E-state index contributed by atoms with van der Waals surface area (Å²) in [6, 6.07) is 16.5. The van der Waals surface area contributed by atoms with Crippen molar-refractivity contribution in [2.75, 3.05) is 5.73 Å². The fourth-order valence-corrected chi connectivity index (χ4v) is 2.70. The lowest BCUT2D eigenvalue weighted by Gasteiger charge is -2.21. The molecule has 0 fully saturated rings. The Bertz CT molecular complexity index is 985. The molecular formula is C21H19ClN2O3. The van der Waals surface area contributed by atoms with Gasteiger partial charge in [-0.2, -0.15) is 0 Å². The van der Waals surface area contributed by atoms with Crippen molar-refractivity contribution in [3.05, 3.63) is 65.8 Å². The quantitative estimate of drug-likeness (QED) is 0.655. The van der Waals surface area contributed by atoms with Crippen molar-refractivity contribution < 1.29 is 14.6 Å². The second kappa shape index (κ2) is 7.29. The number of hydrogen-bond donors (Lipinski definition) is 2. The molecule has 0 atom stereocenters. The van der Waals surface area contributed by atoms with Crippen LogP contribution in [0, 0.1) is 0 Å². The summed E-state index contributed by atoms with van der Waals surface area (Å²) in [5, 5.41) is 9.89. The van der Waals surface area contributed by atoms with Crippen LogP contribution in [0.2, 0.25) is 5.02 Å². The normalized spacial score (nSPS) is 11.2. The second-order valence-corrected chi connectivity index (χ2v) is 7.05. The number of carbonyl (C=O) groups is 1. The Morgan fingerprint density at radius 3 is 2.44 bits per heavy atom. The van der Waals surface area contributed by atoms with Gasteiger partial charge in [-0.25, -0.2) is 9.78 Å². The van der Waals surface area contributed by atoms with Crippen LogP contribution in [0.4, 0.5) is 5.82 Å². The van der Waals surface area contributed by atoms with Crippen LogP contribution < -0.4 is 10.5 Å². The highest BCUT2D eigenvalue weighted by Crippen LogP contribution is 2.32. The molecule has 27 heavy (non-hydrogen) atoms. The van der Waals surface area contributed by atoms with Gasteiger partial charge in [-0.1, -0.05) is 35.9 Å². The highest BCUT2D eigenvalue weighted by atomic mass is 35.5. The third kappa shape index (κ3) is 4.20. The van der Waals surface area contributed by atoms with Crippen molar-refractivity contribution in [2.24, 2.45) is 0 Å². The van der Waals surface area contributed by atoms with Gasteiger partial charge in [-0.05, 0) is 55.3 Å². The molecule has 0 saturated carbocycles. The van der Waals surface area contributed by atoms with Crippen LogP contribution in [-0.2, 0) is 4.79 Å². The van der Waals surface area contributed by atoms with E-state index >= 15 is 0 Å². The predicted molar refractivity (Wildman–Crippen MR) is 107 cm³/mol. The molecule has 2 aromatic carbocycles. The first-order valence-corrected chi connectivity index (χ1v) is 8.68. The van der Waals surface area contributed by atoms with E-state index < -0.39 is 11.6 Å². The number of nitrogens with zero attached hydrogens (tertiary/aromatic N) is 1. The van der Waals surface area contributed by atoms with E-state index in [1.807, 2.05) is 24.3 Å². The molecule has 0 aliphatic carbocycles. The number of nitrogen functional groups attached to an aromatic ring is 1. The number of benzene rings is 2. The summed E-state index contributed by atoms with van der Waals surface area (Å²) in [7, 11) is 0. The molecule has 1 aromatic heterocycles. The zero-order chi connectivity index (χ0) is 19.6. The maximum Gasteiger partial charge on any atom is 0.347 e. The van der Waals surface area contributed by atoms with Crippen molar-refractivity contribution in [3.8, 4) is 28.0 Å². The Morgan fingerprint density at radius 2 is 1.78 bits per heavy atom. The van der Waals surface area contributed by atoms with Crippen LogP contribution in [0.15, 0.2) is 60.8 Å². The van der Waals surface area contributed by atoms with Gasteiger partial charge in [0.2, 0.25) is 0 Å². The average Bonchev–Trinajstić information content (AvgIpc) is 2.63. The maximum absolute atomic E-state index is 11.3. The van der Waals surface area contributed by atoms with Crippen LogP contribution >= 0.6 is 11.6 Å². The minimum atomic E-state index is -1.33. The van der Waals surface area contributed by atoms with E-state index in [1.54, 1.807) is 36.5 Å². The van der Waals surface area contributed by atoms with E-state index in [2.05, 4.69) is 4.98 Å². The Kier molecular flexibility index (Phi) is 5.06. The first-order valence-electron chi connectivity index (χ1n) is 8.30. The van der Waals surface area contributed by atoms with E-state index in [-0.39, 0.29) is 0 Å². The smallest absolute Gasteiger partial charge is 0.347 e. The molecule has 0 unspecified atom stereocenters. The van der Waals surface area contributed by atoms with Crippen LogP contribution in [0.1, 0.15) is 13.8 Å². The van der Waals surface area contributed by atoms with Gasteiger partial charge >= 0.3 is 5.97 Å². The van der Waals surface area contributed by atoms with E-state index in [9.17, 15) is 9.90 Å². The summed E-state index contributed by atoms with van der Waals surface area (Å²) in [6.07, 6.45) is 1.68. The van der Waals surface area contributed by atoms with E-state index in [1.165, 1.54) is 13.8 Å². The zero-order valence-corrected chi connectivity index (χ0v) is 15.7. The highest BCUT2D eigenvalue weighted by molar-refractivity contribution is 6.30. The fourth-order valence-electron chi connectivity index (χ4n) is 2.57. The first-order chi connectivity index (χ1) is 12.8. The van der Waals surface area contributed by atoms with Crippen molar-refractivity contribution in [1.29, 1.82) is 0 Å². The van der Waals surface area contributed by atoms with E-state index in [0.29, 0.717) is 16.6 Å². The maximum atomic E-state index is 11.3. The topological polar surface area (TPSA) is 85.4 Å². The van der Waals surface area contributed by atoms with Crippen LogP contribution in [0.5, 0.6) is 5.75 Å². The summed E-state index contributed by atoms with van der Waals surface area (Å²) in [5.41, 5.74) is 8.11. The number of aliphatic carboxylic acids is 1. The Labute approximate surface area is 162 Å². The Morgan fingerprint density at radius 1 is 1.07 bits per heavy atom. The number of carboxylic acids is 1. The standard InChI is InChI=1S/C21H19ClN2O3/c1-21(2,20(25)26)27-17-5-3-4-14(10-17)15-11-18(19(23)24-12-15)13-6-8-16(22)9-7-13/h3-12H,1-2H3,(H2,23,24)(H,25,26). The lowest BCUT2D eigenvalue weighted by atomic mass is 10.0. The van der Waals surface area contributed by atoms with Crippen molar-refractivity contribution in [3.63, 3.8) is 0 Å². The highest BCUT2D eigenvalue weighted by Gasteiger charge is 2.29. The predicted octanol–water partition coefficient (Wildman–Crippen LogP) is 4.89. The monoisotopic (exact) mass is 382 g/mol. The minimum Gasteiger partial charge on any atom is -0.478 e. The number of pyridine rings is 1. The summed E-state index contributed by atoms with van der Waals surface area (Å²) < 4.78 is 5.62. The van der Waals surface area contributed by atoms with Gasteiger partial charge in [-0.3, -0.25) is 0 Å². The SMILES string of the molecule is CC(C)(Oc1cccc(-c2cnc(N)c(-c3ccc(Cl)cc3)c2)c1)C(=O)O. The number of anilines is 1. The summed E-state index contributed by atoms with van der Waals surface area (Å²) in [6.45, 7) is 3.01. The zero-order valence-electron chi connectivity index (χ0n) is 14.9. The van der Waals surface area contributed by atoms with Gasteiger partial charge in [0.1, 0.15) is 11.6 Å². The number of aromatic nitrogens is 1. The molecule has 0 amide bonds. The Hall–Kier alpha value is -3.05. The van der Waals surface area contributed by atoms with Gasteiger partial charge in [-0.15, -0.1) is 0 Å². The average molecular weight is 383 g/mol. The summed E-state index contributed by atoms with van der Waals surface area (Å²) in [4.78, 5) is 15.6. The number of halogens is 1. The van der Waals surface area contributed by atoms with E-state index in [0.717, 1.165) is 22.3 Å². The van der Waals surface area contributed by atoms with Crippen LogP contribution in [0.25, 0.3) is 22.3 Å². The van der Waals surface area contributed by atoms with Gasteiger partial charge in [0.05, 0.1) is 0 Å². The molecule has 0 radical (unpaired) electrons. The third-order valence-electron chi connectivity index (χ3n) is 4.13. The number of rotatable bonds is 5. The molecule has 0 spiro atoms. The second-order valence-electron chi connectivity index (χ2n) is 6.61. The van der Waals surface area contributed by atoms with Gasteiger partial charge < -0.3 is 15.6 Å². The molecule has 0 saturated heterocycles. The van der Waals surface area contributed by atoms with Crippen molar-refractivity contribution in [1.82, 2.24) is 4.98 Å². The van der Waals surface area contributed by atoms with Crippen molar-refractivity contribution >= 4 is 23.4 Å². The number of nitrogens with two attached hydrogens (primary N) is 1. The summed E-state index contributed by atoms with van der Waals surface area (Å²) in [5.74, 6) is -0.155. The van der Waals surface area contributed by atoms with Gasteiger partial charge in [0.25, 0.3) is 0 Å². The fraction of sp³-hybridized carbons (Fsp3) is 0.143. The molecular weight excluding hydrogens is 364 g/mol. The largest absolute Gasteiger partial charge is 0.478 e. The lowest BCUT2D eigenvalue weighted by molar-refractivity contribution is -0.152. The van der Waals surface area contributed by atoms with Crippen molar-refractivity contribution in [2.45, 2.75) is 19.4 Å². The van der Waals surface area contributed by atoms with E-state index in [4.69, 9.17) is 22.1 Å². The molecule has 3 aromatic rings.